The highest BCUT2D eigenvalue weighted by atomic mass is 16.5. The lowest BCUT2D eigenvalue weighted by molar-refractivity contribution is -0.139. The molecule has 0 saturated carbocycles. The molecule has 1 unspecified atom stereocenters. The molecule has 2 aliphatic rings. The fourth-order valence-corrected chi connectivity index (χ4v) is 5.48. The first-order chi connectivity index (χ1) is 17.9. The summed E-state index contributed by atoms with van der Waals surface area (Å²) in [7, 11) is 0. The summed E-state index contributed by atoms with van der Waals surface area (Å²) in [5, 5.41) is 12.5. The number of nitrogens with one attached hydrogen (secondary N) is 1. The summed E-state index contributed by atoms with van der Waals surface area (Å²) < 4.78 is 11.0. The Bertz CT molecular complexity index is 1250. The highest BCUT2D eigenvalue weighted by molar-refractivity contribution is 5.81. The van der Waals surface area contributed by atoms with E-state index in [1.165, 1.54) is 0 Å². The average molecular weight is 501 g/mol. The number of morpholine rings is 1. The second-order valence-corrected chi connectivity index (χ2v) is 9.72. The van der Waals surface area contributed by atoms with E-state index in [0.717, 1.165) is 57.7 Å². The molecule has 0 aromatic heterocycles. The highest BCUT2D eigenvalue weighted by Gasteiger charge is 2.30. The maximum atomic E-state index is 12.7. The molecule has 0 radical (unpaired) electrons. The molecule has 2 N–H and O–H groups in total. The molecule has 1 heterocycles. The summed E-state index contributed by atoms with van der Waals surface area (Å²) in [5.74, 6) is -1.18. The number of nitrogens with zero attached hydrogens (tertiary/aromatic N) is 1. The van der Waals surface area contributed by atoms with Crippen molar-refractivity contribution in [1.29, 1.82) is 0 Å². The van der Waals surface area contributed by atoms with Crippen LogP contribution in [0, 0.1) is 13.8 Å². The normalized spacial score (nSPS) is 15.6. The molecule has 3 aromatic rings. The average Bonchev–Trinajstić information content (AvgIpc) is 3.22. The van der Waals surface area contributed by atoms with Crippen LogP contribution in [-0.4, -0.2) is 56.1 Å². The van der Waals surface area contributed by atoms with Crippen molar-refractivity contribution in [1.82, 2.24) is 5.32 Å². The first kappa shape index (κ1) is 24.8. The van der Waals surface area contributed by atoms with Gasteiger partial charge in [-0.15, -0.1) is 0 Å². The van der Waals surface area contributed by atoms with E-state index in [2.05, 4.69) is 34.5 Å². The molecule has 1 fully saturated rings. The van der Waals surface area contributed by atoms with Crippen molar-refractivity contribution in [2.75, 3.05) is 37.8 Å². The number of carbonyl (C=O) groups excluding carboxylic acids is 1. The third-order valence-electron chi connectivity index (χ3n) is 7.40. The van der Waals surface area contributed by atoms with Crippen LogP contribution in [0.2, 0.25) is 0 Å². The Balaban J connectivity index is 1.26. The molecular weight excluding hydrogens is 468 g/mol. The standard InChI is InChI=1S/C30H32N2O5/c1-19-15-21(32-11-13-36-14-12-32)16-20(2)26(19)17-28(29(33)34)31-30(35)37-18-27-24-9-5-3-7-22(24)23-8-4-6-10-25(23)27/h3-10,15-16,27-28H,11-14,17-18H2,1-2H3,(H,31,35)(H,33,34). The van der Waals surface area contributed by atoms with Crippen LogP contribution in [0.3, 0.4) is 0 Å². The van der Waals surface area contributed by atoms with Crippen molar-refractivity contribution in [3.8, 4) is 11.1 Å². The smallest absolute Gasteiger partial charge is 0.407 e. The van der Waals surface area contributed by atoms with Gasteiger partial charge in [0, 0.05) is 31.1 Å². The zero-order valence-electron chi connectivity index (χ0n) is 21.2. The predicted octanol–water partition coefficient (Wildman–Crippen LogP) is 4.67. The number of hydrogen-bond donors (Lipinski definition) is 2. The minimum Gasteiger partial charge on any atom is -0.480 e. The third-order valence-corrected chi connectivity index (χ3v) is 7.40. The molecule has 1 aliphatic carbocycles. The number of benzene rings is 3. The van der Waals surface area contributed by atoms with Crippen LogP contribution in [0.5, 0.6) is 0 Å². The number of rotatable bonds is 7. The van der Waals surface area contributed by atoms with E-state index in [1.807, 2.05) is 50.2 Å². The van der Waals surface area contributed by atoms with Crippen LogP contribution < -0.4 is 10.2 Å². The first-order valence-electron chi connectivity index (χ1n) is 12.7. The Morgan fingerprint density at radius 1 is 1.00 bits per heavy atom. The van der Waals surface area contributed by atoms with E-state index in [1.54, 1.807) is 0 Å². The maximum absolute atomic E-state index is 12.7. The van der Waals surface area contributed by atoms with Crippen LogP contribution in [0.15, 0.2) is 60.7 Å². The van der Waals surface area contributed by atoms with Crippen LogP contribution in [-0.2, 0) is 20.7 Å². The molecular formula is C30H32N2O5. The zero-order chi connectivity index (χ0) is 25.9. The number of amides is 1. The van der Waals surface area contributed by atoms with E-state index < -0.39 is 18.1 Å². The Morgan fingerprint density at radius 2 is 1.57 bits per heavy atom. The van der Waals surface area contributed by atoms with E-state index in [-0.39, 0.29) is 18.9 Å². The Labute approximate surface area is 217 Å². The molecule has 0 bridgehead atoms. The maximum Gasteiger partial charge on any atom is 0.407 e. The van der Waals surface area contributed by atoms with E-state index >= 15 is 0 Å². The van der Waals surface area contributed by atoms with Gasteiger partial charge in [-0.1, -0.05) is 48.5 Å². The van der Waals surface area contributed by atoms with E-state index in [0.29, 0.717) is 13.2 Å². The van der Waals surface area contributed by atoms with Gasteiger partial charge in [-0.2, -0.15) is 0 Å². The van der Waals surface area contributed by atoms with Crippen LogP contribution >= 0.6 is 0 Å². The molecule has 1 amide bonds. The van der Waals surface area contributed by atoms with Crippen LogP contribution in [0.4, 0.5) is 10.5 Å². The summed E-state index contributed by atoms with van der Waals surface area (Å²) >= 11 is 0. The lowest BCUT2D eigenvalue weighted by Gasteiger charge is -2.30. The highest BCUT2D eigenvalue weighted by Crippen LogP contribution is 2.44. The number of fused-ring (bicyclic) bond motifs is 3. The van der Waals surface area contributed by atoms with Crippen molar-refractivity contribution < 1.29 is 24.2 Å². The van der Waals surface area contributed by atoms with Gasteiger partial charge in [-0.25, -0.2) is 9.59 Å². The fraction of sp³-hybridized carbons (Fsp3) is 0.333. The number of aryl methyl sites for hydroxylation is 2. The minimum absolute atomic E-state index is 0.0846. The molecule has 7 nitrogen and oxygen atoms in total. The predicted molar refractivity (Wildman–Crippen MR) is 142 cm³/mol. The number of aliphatic carboxylic acids is 1. The van der Waals surface area contributed by atoms with E-state index in [4.69, 9.17) is 9.47 Å². The zero-order valence-corrected chi connectivity index (χ0v) is 21.2. The third kappa shape index (κ3) is 5.18. The van der Waals surface area contributed by atoms with Gasteiger partial charge in [0.1, 0.15) is 12.6 Å². The Kier molecular flexibility index (Phi) is 7.15. The van der Waals surface area contributed by atoms with Gasteiger partial charge in [0.25, 0.3) is 0 Å². The first-order valence-corrected chi connectivity index (χ1v) is 12.7. The second-order valence-electron chi connectivity index (χ2n) is 9.72. The molecule has 37 heavy (non-hydrogen) atoms. The lowest BCUT2D eigenvalue weighted by atomic mass is 9.95. The molecule has 1 atom stereocenters. The van der Waals surface area contributed by atoms with Gasteiger partial charge in [0.2, 0.25) is 0 Å². The van der Waals surface area contributed by atoms with Gasteiger partial charge < -0.3 is 24.8 Å². The molecule has 7 heteroatoms. The fourth-order valence-electron chi connectivity index (χ4n) is 5.48. The van der Waals surface area contributed by atoms with Gasteiger partial charge >= 0.3 is 12.1 Å². The molecule has 192 valence electrons. The molecule has 0 spiro atoms. The second kappa shape index (κ2) is 10.6. The Morgan fingerprint density at radius 3 is 2.14 bits per heavy atom. The summed E-state index contributed by atoms with van der Waals surface area (Å²) in [6.45, 7) is 7.17. The number of anilines is 1. The molecule has 1 aliphatic heterocycles. The summed E-state index contributed by atoms with van der Waals surface area (Å²) in [5.41, 5.74) is 8.53. The molecule has 3 aromatic carbocycles. The number of hydrogen-bond acceptors (Lipinski definition) is 5. The quantitative estimate of drug-likeness (QED) is 0.490. The van der Waals surface area contributed by atoms with Crippen LogP contribution in [0.1, 0.15) is 33.7 Å². The van der Waals surface area contributed by atoms with Crippen LogP contribution in [0.25, 0.3) is 11.1 Å². The van der Waals surface area contributed by atoms with Crippen molar-refractivity contribution in [2.24, 2.45) is 0 Å². The van der Waals surface area contributed by atoms with Gasteiger partial charge in [0.15, 0.2) is 0 Å². The number of carboxylic acids is 1. The Hall–Kier alpha value is -3.84. The largest absolute Gasteiger partial charge is 0.480 e. The molecule has 5 rings (SSSR count). The minimum atomic E-state index is -1.10. The summed E-state index contributed by atoms with van der Waals surface area (Å²) in [4.78, 5) is 27.1. The molecule has 1 saturated heterocycles. The van der Waals surface area contributed by atoms with Crippen molar-refractivity contribution >= 4 is 17.7 Å². The topological polar surface area (TPSA) is 88.1 Å². The number of carbonyl (C=O) groups is 2. The number of carboxylic acid groups (broad SMARTS) is 1. The van der Waals surface area contributed by atoms with Gasteiger partial charge in [-0.3, -0.25) is 0 Å². The van der Waals surface area contributed by atoms with Crippen molar-refractivity contribution in [3.05, 3.63) is 88.5 Å². The van der Waals surface area contributed by atoms with Gasteiger partial charge in [0.05, 0.1) is 13.2 Å². The summed E-state index contributed by atoms with van der Waals surface area (Å²) in [6, 6.07) is 19.3. The van der Waals surface area contributed by atoms with E-state index in [9.17, 15) is 14.7 Å². The monoisotopic (exact) mass is 500 g/mol. The van der Waals surface area contributed by atoms with Crippen molar-refractivity contribution in [3.63, 3.8) is 0 Å². The van der Waals surface area contributed by atoms with Gasteiger partial charge in [-0.05, 0) is 64.9 Å². The van der Waals surface area contributed by atoms with Crippen molar-refractivity contribution in [2.45, 2.75) is 32.2 Å². The SMILES string of the molecule is Cc1cc(N2CCOCC2)cc(C)c1CC(NC(=O)OCC1c2ccccc2-c2ccccc21)C(=O)O. The number of ether oxygens (including phenoxy) is 2. The lowest BCUT2D eigenvalue weighted by Crippen LogP contribution is -2.43. The number of alkyl carbamates (subject to hydrolysis) is 1. The summed E-state index contributed by atoms with van der Waals surface area (Å²) in [6.07, 6.45) is -0.546.